The zero-order valence-corrected chi connectivity index (χ0v) is 11.7. The van der Waals surface area contributed by atoms with Gasteiger partial charge in [0, 0.05) is 19.6 Å². The van der Waals surface area contributed by atoms with Crippen LogP contribution >= 0.6 is 0 Å². The van der Waals surface area contributed by atoms with Gasteiger partial charge in [-0.05, 0) is 26.7 Å². The van der Waals surface area contributed by atoms with E-state index in [-0.39, 0.29) is 24.4 Å². The standard InChI is InChI=1S/C13H25N3O2/c1-10(2)15-11(17)8-16(3)12(18)13(9-14)6-4-5-7-13/h10H,4-9,14H2,1-3H3,(H,15,17). The van der Waals surface area contributed by atoms with Crippen molar-refractivity contribution in [2.24, 2.45) is 11.1 Å². The highest BCUT2D eigenvalue weighted by atomic mass is 16.2. The number of rotatable bonds is 5. The summed E-state index contributed by atoms with van der Waals surface area (Å²) in [7, 11) is 1.68. The van der Waals surface area contributed by atoms with E-state index in [0.29, 0.717) is 6.54 Å². The first-order chi connectivity index (χ1) is 8.41. The first kappa shape index (κ1) is 15.0. The van der Waals surface area contributed by atoms with Crippen molar-refractivity contribution in [3.05, 3.63) is 0 Å². The van der Waals surface area contributed by atoms with Gasteiger partial charge in [-0.25, -0.2) is 0 Å². The third-order valence-corrected chi connectivity index (χ3v) is 3.58. The summed E-state index contributed by atoms with van der Waals surface area (Å²) >= 11 is 0. The number of nitrogens with two attached hydrogens (primary N) is 1. The van der Waals surface area contributed by atoms with Gasteiger partial charge < -0.3 is 16.0 Å². The van der Waals surface area contributed by atoms with E-state index in [1.807, 2.05) is 13.8 Å². The van der Waals surface area contributed by atoms with E-state index >= 15 is 0 Å². The van der Waals surface area contributed by atoms with Crippen LogP contribution in [0.15, 0.2) is 0 Å². The first-order valence-electron chi connectivity index (χ1n) is 6.66. The largest absolute Gasteiger partial charge is 0.352 e. The van der Waals surface area contributed by atoms with Gasteiger partial charge in [0.05, 0.1) is 12.0 Å². The maximum Gasteiger partial charge on any atom is 0.239 e. The van der Waals surface area contributed by atoms with Gasteiger partial charge in [-0.15, -0.1) is 0 Å². The molecule has 0 unspecified atom stereocenters. The number of carbonyl (C=O) groups is 2. The zero-order chi connectivity index (χ0) is 13.8. The Morgan fingerprint density at radius 1 is 1.33 bits per heavy atom. The van der Waals surface area contributed by atoms with Crippen LogP contribution in [-0.4, -0.2) is 42.9 Å². The molecule has 18 heavy (non-hydrogen) atoms. The minimum Gasteiger partial charge on any atom is -0.352 e. The molecular formula is C13H25N3O2. The van der Waals surface area contributed by atoms with Crippen molar-refractivity contribution in [1.82, 2.24) is 10.2 Å². The number of nitrogens with one attached hydrogen (secondary N) is 1. The zero-order valence-electron chi connectivity index (χ0n) is 11.7. The summed E-state index contributed by atoms with van der Waals surface area (Å²) < 4.78 is 0. The predicted molar refractivity (Wildman–Crippen MR) is 70.9 cm³/mol. The van der Waals surface area contributed by atoms with Crippen LogP contribution in [0.25, 0.3) is 0 Å². The second-order valence-electron chi connectivity index (χ2n) is 5.57. The second-order valence-corrected chi connectivity index (χ2v) is 5.57. The fourth-order valence-corrected chi connectivity index (χ4v) is 2.62. The molecule has 0 aliphatic heterocycles. The fourth-order valence-electron chi connectivity index (χ4n) is 2.62. The molecule has 3 N–H and O–H groups in total. The quantitative estimate of drug-likeness (QED) is 0.750. The molecule has 0 radical (unpaired) electrons. The van der Waals surface area contributed by atoms with E-state index in [9.17, 15) is 9.59 Å². The Hall–Kier alpha value is -1.10. The minimum atomic E-state index is -0.424. The molecule has 0 aromatic carbocycles. The van der Waals surface area contributed by atoms with Gasteiger partial charge in [0.1, 0.15) is 0 Å². The van der Waals surface area contributed by atoms with Crippen molar-refractivity contribution >= 4 is 11.8 Å². The molecule has 0 atom stereocenters. The smallest absolute Gasteiger partial charge is 0.239 e. The van der Waals surface area contributed by atoms with Gasteiger partial charge in [-0.1, -0.05) is 12.8 Å². The Bertz CT molecular complexity index is 309. The van der Waals surface area contributed by atoms with Crippen LogP contribution < -0.4 is 11.1 Å². The Kier molecular flexibility index (Phi) is 5.14. The Balaban J connectivity index is 2.57. The lowest BCUT2D eigenvalue weighted by molar-refractivity contribution is -0.143. The van der Waals surface area contributed by atoms with Crippen molar-refractivity contribution < 1.29 is 9.59 Å². The van der Waals surface area contributed by atoms with Crippen LogP contribution in [0.4, 0.5) is 0 Å². The number of amides is 2. The average molecular weight is 255 g/mol. The lowest BCUT2D eigenvalue weighted by atomic mass is 9.85. The van der Waals surface area contributed by atoms with Crippen LogP contribution in [0.1, 0.15) is 39.5 Å². The normalized spacial score (nSPS) is 17.8. The Morgan fingerprint density at radius 3 is 2.33 bits per heavy atom. The summed E-state index contributed by atoms with van der Waals surface area (Å²) in [6.45, 7) is 4.29. The molecule has 0 spiro atoms. The summed E-state index contributed by atoms with van der Waals surface area (Å²) in [5.41, 5.74) is 5.35. The average Bonchev–Trinajstić information content (AvgIpc) is 2.76. The van der Waals surface area contributed by atoms with Gasteiger partial charge in [-0.2, -0.15) is 0 Å². The lowest BCUT2D eigenvalue weighted by Crippen LogP contribution is -2.48. The highest BCUT2D eigenvalue weighted by Crippen LogP contribution is 2.38. The van der Waals surface area contributed by atoms with Gasteiger partial charge in [0.15, 0.2) is 0 Å². The summed E-state index contributed by atoms with van der Waals surface area (Å²) in [6.07, 6.45) is 3.79. The van der Waals surface area contributed by atoms with Crippen LogP contribution in [0, 0.1) is 5.41 Å². The van der Waals surface area contributed by atoms with Crippen LogP contribution in [0.5, 0.6) is 0 Å². The van der Waals surface area contributed by atoms with Crippen LogP contribution in [0.3, 0.4) is 0 Å². The summed E-state index contributed by atoms with van der Waals surface area (Å²) in [5.74, 6) is -0.104. The third kappa shape index (κ3) is 3.45. The van der Waals surface area contributed by atoms with Crippen molar-refractivity contribution in [3.63, 3.8) is 0 Å². The number of hydrogen-bond donors (Lipinski definition) is 2. The highest BCUT2D eigenvalue weighted by molar-refractivity contribution is 5.88. The fraction of sp³-hybridized carbons (Fsp3) is 0.846. The van der Waals surface area contributed by atoms with E-state index in [2.05, 4.69) is 5.32 Å². The summed E-state index contributed by atoms with van der Waals surface area (Å²) in [5, 5.41) is 2.79. The van der Waals surface area contributed by atoms with Gasteiger partial charge in [0.2, 0.25) is 11.8 Å². The molecule has 0 bridgehead atoms. The monoisotopic (exact) mass is 255 g/mol. The first-order valence-corrected chi connectivity index (χ1v) is 6.66. The molecular weight excluding hydrogens is 230 g/mol. The van der Waals surface area contributed by atoms with E-state index < -0.39 is 5.41 Å². The molecule has 1 fully saturated rings. The highest BCUT2D eigenvalue weighted by Gasteiger charge is 2.41. The number of likely N-dealkylation sites (N-methyl/N-ethyl adjacent to an activating group) is 1. The molecule has 0 aromatic heterocycles. The van der Waals surface area contributed by atoms with E-state index in [4.69, 9.17) is 5.73 Å². The topological polar surface area (TPSA) is 75.4 Å². The number of nitrogens with zero attached hydrogens (tertiary/aromatic N) is 1. The lowest BCUT2D eigenvalue weighted by Gasteiger charge is -2.31. The molecule has 2 amide bonds. The Labute approximate surface area is 109 Å². The van der Waals surface area contributed by atoms with Gasteiger partial charge in [0.25, 0.3) is 0 Å². The van der Waals surface area contributed by atoms with Crippen molar-refractivity contribution in [2.45, 2.75) is 45.6 Å². The number of hydrogen-bond acceptors (Lipinski definition) is 3. The van der Waals surface area contributed by atoms with Gasteiger partial charge >= 0.3 is 0 Å². The van der Waals surface area contributed by atoms with Gasteiger partial charge in [-0.3, -0.25) is 9.59 Å². The molecule has 1 saturated carbocycles. The van der Waals surface area contributed by atoms with Crippen molar-refractivity contribution in [3.8, 4) is 0 Å². The molecule has 0 saturated heterocycles. The molecule has 5 heteroatoms. The summed E-state index contributed by atoms with van der Waals surface area (Å²) in [6, 6.07) is 0.0935. The maximum absolute atomic E-state index is 12.4. The molecule has 0 aromatic rings. The number of carbonyl (C=O) groups excluding carboxylic acids is 2. The van der Waals surface area contributed by atoms with E-state index in [1.165, 1.54) is 4.90 Å². The SMILES string of the molecule is CC(C)NC(=O)CN(C)C(=O)C1(CN)CCCC1. The van der Waals surface area contributed by atoms with Crippen LogP contribution in [-0.2, 0) is 9.59 Å². The second kappa shape index (κ2) is 6.18. The molecule has 1 aliphatic rings. The van der Waals surface area contributed by atoms with Crippen molar-refractivity contribution in [2.75, 3.05) is 20.1 Å². The molecule has 1 rings (SSSR count). The molecule has 0 heterocycles. The van der Waals surface area contributed by atoms with E-state index in [0.717, 1.165) is 25.7 Å². The van der Waals surface area contributed by atoms with Crippen molar-refractivity contribution in [1.29, 1.82) is 0 Å². The molecule has 104 valence electrons. The van der Waals surface area contributed by atoms with Crippen LogP contribution in [0.2, 0.25) is 0 Å². The van der Waals surface area contributed by atoms with E-state index in [1.54, 1.807) is 7.05 Å². The summed E-state index contributed by atoms with van der Waals surface area (Å²) in [4.78, 5) is 25.5. The minimum absolute atomic E-state index is 0.0152. The third-order valence-electron chi connectivity index (χ3n) is 3.58. The molecule has 1 aliphatic carbocycles. The predicted octanol–water partition coefficient (Wildman–Crippen LogP) is 0.489. The Morgan fingerprint density at radius 2 is 1.89 bits per heavy atom. The maximum atomic E-state index is 12.4. The molecule has 5 nitrogen and oxygen atoms in total.